The molecule has 2 unspecified atom stereocenters. The molecule has 0 saturated carbocycles. The van der Waals surface area contributed by atoms with Crippen molar-refractivity contribution in [3.63, 3.8) is 0 Å². The van der Waals surface area contributed by atoms with Crippen LogP contribution in [0.15, 0.2) is 6.20 Å². The third-order valence-electron chi connectivity index (χ3n) is 3.59. The molecule has 0 aliphatic rings. The molecule has 2 rings (SSSR count). The topological polar surface area (TPSA) is 42.7 Å². The van der Waals surface area contributed by atoms with Gasteiger partial charge in [-0.2, -0.15) is 5.10 Å². The molecule has 1 N–H and O–H groups in total. The maximum atomic E-state index is 4.62. The molecule has 0 fully saturated rings. The van der Waals surface area contributed by atoms with Crippen LogP contribution in [0.2, 0.25) is 0 Å². The molecule has 2 heterocycles. The Kier molecular flexibility index (Phi) is 4.06. The zero-order chi connectivity index (χ0) is 14.2. The van der Waals surface area contributed by atoms with Gasteiger partial charge in [0.1, 0.15) is 0 Å². The Balaban J connectivity index is 2.13. The number of nitrogens with zero attached hydrogens (tertiary/aromatic N) is 3. The van der Waals surface area contributed by atoms with E-state index in [-0.39, 0.29) is 12.1 Å². The first kappa shape index (κ1) is 14.2. The van der Waals surface area contributed by atoms with Crippen LogP contribution in [0.3, 0.4) is 0 Å². The summed E-state index contributed by atoms with van der Waals surface area (Å²) in [6, 6.07) is 0.518. The normalized spacial score (nSPS) is 14.6. The minimum Gasteiger partial charge on any atom is -0.302 e. The van der Waals surface area contributed by atoms with Crippen molar-refractivity contribution >= 4 is 11.3 Å². The molecule has 4 nitrogen and oxygen atoms in total. The number of aryl methyl sites for hydroxylation is 3. The van der Waals surface area contributed by atoms with Crippen LogP contribution in [-0.4, -0.2) is 14.8 Å². The van der Waals surface area contributed by atoms with Crippen LogP contribution < -0.4 is 5.32 Å². The molecule has 2 aromatic heterocycles. The maximum absolute atomic E-state index is 4.62. The summed E-state index contributed by atoms with van der Waals surface area (Å²) in [5.74, 6) is 0. The van der Waals surface area contributed by atoms with Crippen LogP contribution in [0, 0.1) is 20.8 Å². The first-order chi connectivity index (χ1) is 8.90. The Labute approximate surface area is 118 Å². The van der Waals surface area contributed by atoms with Gasteiger partial charge in [-0.1, -0.05) is 0 Å². The van der Waals surface area contributed by atoms with E-state index in [1.54, 1.807) is 11.3 Å². The van der Waals surface area contributed by atoms with Gasteiger partial charge in [0.25, 0.3) is 0 Å². The first-order valence-electron chi connectivity index (χ1n) is 6.58. The summed E-state index contributed by atoms with van der Waals surface area (Å²) >= 11 is 1.76. The lowest BCUT2D eigenvalue weighted by Gasteiger charge is -2.19. The van der Waals surface area contributed by atoms with Gasteiger partial charge >= 0.3 is 0 Å². The van der Waals surface area contributed by atoms with Gasteiger partial charge in [0.2, 0.25) is 0 Å². The minimum atomic E-state index is 0.250. The van der Waals surface area contributed by atoms with E-state index in [1.165, 1.54) is 16.1 Å². The van der Waals surface area contributed by atoms with Crippen molar-refractivity contribution in [3.05, 3.63) is 33.0 Å². The summed E-state index contributed by atoms with van der Waals surface area (Å²) in [7, 11) is 1.98. The number of rotatable bonds is 4. The first-order valence-corrected chi connectivity index (χ1v) is 7.40. The third kappa shape index (κ3) is 2.87. The number of aromatic nitrogens is 3. The smallest absolute Gasteiger partial charge is 0.0900 e. The molecule has 0 amide bonds. The minimum absolute atomic E-state index is 0.250. The second-order valence-corrected chi connectivity index (χ2v) is 6.50. The SMILES string of the molecule is Cc1nc(C(C)NC(C)c2cnn(C)c2C)c(C)s1. The van der Waals surface area contributed by atoms with Crippen molar-refractivity contribution in [2.24, 2.45) is 7.05 Å². The van der Waals surface area contributed by atoms with Crippen LogP contribution in [0.5, 0.6) is 0 Å². The highest BCUT2D eigenvalue weighted by Crippen LogP contribution is 2.25. The van der Waals surface area contributed by atoms with Gasteiger partial charge in [-0.05, 0) is 34.6 Å². The molecule has 2 atom stereocenters. The van der Waals surface area contributed by atoms with Gasteiger partial charge in [0.05, 0.1) is 16.9 Å². The van der Waals surface area contributed by atoms with Crippen molar-refractivity contribution in [3.8, 4) is 0 Å². The van der Waals surface area contributed by atoms with E-state index in [2.05, 4.69) is 50.0 Å². The van der Waals surface area contributed by atoms with Crippen molar-refractivity contribution in [1.82, 2.24) is 20.1 Å². The van der Waals surface area contributed by atoms with Crippen molar-refractivity contribution in [2.45, 2.75) is 46.7 Å². The number of hydrogen-bond acceptors (Lipinski definition) is 4. The monoisotopic (exact) mass is 278 g/mol. The number of nitrogens with one attached hydrogen (secondary N) is 1. The average molecular weight is 278 g/mol. The molecule has 0 aromatic carbocycles. The molecule has 5 heteroatoms. The van der Waals surface area contributed by atoms with Crippen LogP contribution >= 0.6 is 11.3 Å². The van der Waals surface area contributed by atoms with Gasteiger partial charge in [-0.25, -0.2) is 4.98 Å². The molecule has 104 valence electrons. The molecular formula is C14H22N4S. The van der Waals surface area contributed by atoms with Gasteiger partial charge in [-0.3, -0.25) is 4.68 Å². The molecule has 19 heavy (non-hydrogen) atoms. The lowest BCUT2D eigenvalue weighted by Crippen LogP contribution is -2.23. The van der Waals surface area contributed by atoms with Crippen LogP contribution in [0.4, 0.5) is 0 Å². The Bertz CT molecular complexity index is 564. The second kappa shape index (κ2) is 5.43. The lowest BCUT2D eigenvalue weighted by atomic mass is 10.1. The van der Waals surface area contributed by atoms with Crippen molar-refractivity contribution < 1.29 is 0 Å². The summed E-state index contributed by atoms with van der Waals surface area (Å²) in [4.78, 5) is 5.92. The lowest BCUT2D eigenvalue weighted by molar-refractivity contribution is 0.484. The van der Waals surface area contributed by atoms with Crippen LogP contribution in [0.1, 0.15) is 52.8 Å². The van der Waals surface area contributed by atoms with Crippen LogP contribution in [0.25, 0.3) is 0 Å². The summed E-state index contributed by atoms with van der Waals surface area (Å²) in [5.41, 5.74) is 3.62. The van der Waals surface area contributed by atoms with E-state index in [4.69, 9.17) is 0 Å². The van der Waals surface area contributed by atoms with Crippen molar-refractivity contribution in [2.75, 3.05) is 0 Å². The van der Waals surface area contributed by atoms with Gasteiger partial charge in [0, 0.05) is 35.3 Å². The molecule has 0 saturated heterocycles. The number of thiazole rings is 1. The molecule has 0 aliphatic heterocycles. The van der Waals surface area contributed by atoms with E-state index < -0.39 is 0 Å². The summed E-state index contributed by atoms with van der Waals surface area (Å²) < 4.78 is 1.91. The Hall–Kier alpha value is -1.20. The average Bonchev–Trinajstić information content (AvgIpc) is 2.83. The number of hydrogen-bond donors (Lipinski definition) is 1. The fourth-order valence-electron chi connectivity index (χ4n) is 2.43. The summed E-state index contributed by atoms with van der Waals surface area (Å²) in [6.07, 6.45) is 1.94. The summed E-state index contributed by atoms with van der Waals surface area (Å²) in [5, 5.41) is 9.04. The zero-order valence-corrected chi connectivity index (χ0v) is 13.3. The van der Waals surface area contributed by atoms with E-state index in [0.29, 0.717) is 0 Å². The molecule has 0 radical (unpaired) electrons. The third-order valence-corrected chi connectivity index (χ3v) is 4.49. The van der Waals surface area contributed by atoms with E-state index in [1.807, 2.05) is 17.9 Å². The Morgan fingerprint density at radius 3 is 2.37 bits per heavy atom. The van der Waals surface area contributed by atoms with E-state index >= 15 is 0 Å². The largest absolute Gasteiger partial charge is 0.302 e. The predicted molar refractivity (Wildman–Crippen MR) is 79.5 cm³/mol. The fourth-order valence-corrected chi connectivity index (χ4v) is 3.35. The highest BCUT2D eigenvalue weighted by molar-refractivity contribution is 7.11. The molecule has 0 bridgehead atoms. The summed E-state index contributed by atoms with van der Waals surface area (Å²) in [6.45, 7) is 10.6. The fraction of sp³-hybridized carbons (Fsp3) is 0.571. The highest BCUT2D eigenvalue weighted by Gasteiger charge is 2.18. The molecular weight excluding hydrogens is 256 g/mol. The standard InChI is InChI=1S/C14H22N4S/c1-8(13-7-15-18(6)10(13)3)16-9(2)14-11(4)19-12(5)17-14/h7-9,16H,1-6H3. The highest BCUT2D eigenvalue weighted by atomic mass is 32.1. The van der Waals surface area contributed by atoms with Crippen LogP contribution in [-0.2, 0) is 7.05 Å². The Morgan fingerprint density at radius 1 is 1.21 bits per heavy atom. The molecule has 0 aliphatic carbocycles. The zero-order valence-electron chi connectivity index (χ0n) is 12.5. The maximum Gasteiger partial charge on any atom is 0.0900 e. The Morgan fingerprint density at radius 2 is 1.89 bits per heavy atom. The van der Waals surface area contributed by atoms with Gasteiger partial charge in [0.15, 0.2) is 0 Å². The second-order valence-electron chi connectivity index (χ2n) is 5.09. The predicted octanol–water partition coefficient (Wildman–Crippen LogP) is 3.21. The van der Waals surface area contributed by atoms with Crippen molar-refractivity contribution in [1.29, 1.82) is 0 Å². The molecule has 2 aromatic rings. The van der Waals surface area contributed by atoms with E-state index in [9.17, 15) is 0 Å². The molecule has 0 spiro atoms. The van der Waals surface area contributed by atoms with Gasteiger partial charge < -0.3 is 5.32 Å². The van der Waals surface area contributed by atoms with Gasteiger partial charge in [-0.15, -0.1) is 11.3 Å². The van der Waals surface area contributed by atoms with E-state index in [0.717, 1.165) is 10.7 Å². The quantitative estimate of drug-likeness (QED) is 0.934.